The van der Waals surface area contributed by atoms with Crippen molar-refractivity contribution in [3.63, 3.8) is 0 Å². The van der Waals surface area contributed by atoms with Gasteiger partial charge < -0.3 is 10.1 Å². The van der Waals surface area contributed by atoms with Crippen molar-refractivity contribution in [3.8, 4) is 0 Å². The van der Waals surface area contributed by atoms with E-state index in [1.54, 1.807) is 0 Å². The Kier molecular flexibility index (Phi) is 4.30. The van der Waals surface area contributed by atoms with Crippen LogP contribution in [0.15, 0.2) is 48.5 Å². The topological polar surface area (TPSA) is 51.5 Å². The molecule has 3 aromatic rings. The predicted octanol–water partition coefficient (Wildman–Crippen LogP) is 2.57. The minimum atomic E-state index is 0.602. The van der Waals surface area contributed by atoms with Gasteiger partial charge in [-0.25, -0.2) is 4.98 Å². The summed E-state index contributed by atoms with van der Waals surface area (Å²) in [5.74, 6) is 1.63. The van der Waals surface area contributed by atoms with Crippen LogP contribution in [-0.4, -0.2) is 36.3 Å². The number of halogens is 1. The van der Waals surface area contributed by atoms with Crippen LogP contribution in [0.2, 0.25) is 5.02 Å². The number of ether oxygens (including phenoxy) is 1. The fraction of sp³-hybridized carbons (Fsp3) is 0.222. The zero-order valence-corrected chi connectivity index (χ0v) is 13.9. The molecule has 1 aromatic heterocycles. The van der Waals surface area contributed by atoms with Gasteiger partial charge in [0, 0.05) is 10.7 Å². The number of rotatable bonds is 3. The van der Waals surface area contributed by atoms with E-state index in [1.165, 1.54) is 4.90 Å². The van der Waals surface area contributed by atoms with Gasteiger partial charge in [0.15, 0.2) is 0 Å². The predicted molar refractivity (Wildman–Crippen MR) is 95.4 cm³/mol. The van der Waals surface area contributed by atoms with Gasteiger partial charge in [-0.3, -0.25) is 4.90 Å². The van der Waals surface area contributed by atoms with Crippen molar-refractivity contribution in [1.29, 1.82) is 0 Å². The molecular formula is C18H18ClN4O+. The fourth-order valence-corrected chi connectivity index (χ4v) is 3.04. The van der Waals surface area contributed by atoms with Crippen molar-refractivity contribution < 1.29 is 9.64 Å². The minimum absolute atomic E-state index is 0.602. The molecule has 24 heavy (non-hydrogen) atoms. The Morgan fingerprint density at radius 3 is 2.50 bits per heavy atom. The third-order valence-corrected chi connectivity index (χ3v) is 4.39. The lowest BCUT2D eigenvalue weighted by atomic mass is 10.2. The van der Waals surface area contributed by atoms with Crippen molar-refractivity contribution in [2.24, 2.45) is 0 Å². The second-order valence-electron chi connectivity index (χ2n) is 5.76. The summed E-state index contributed by atoms with van der Waals surface area (Å²) in [4.78, 5) is 10.8. The largest absolute Gasteiger partial charge is 0.370 e. The number of hydrogen-bond donors (Lipinski definition) is 2. The van der Waals surface area contributed by atoms with Crippen molar-refractivity contribution in [2.45, 2.75) is 0 Å². The quantitative estimate of drug-likeness (QED) is 0.769. The Balaban J connectivity index is 1.74. The molecule has 0 saturated carbocycles. The van der Waals surface area contributed by atoms with Crippen LogP contribution in [0.5, 0.6) is 0 Å². The molecule has 1 saturated heterocycles. The summed E-state index contributed by atoms with van der Waals surface area (Å²) in [5, 5.41) is 5.08. The molecule has 6 heteroatoms. The third-order valence-electron chi connectivity index (χ3n) is 4.13. The molecule has 1 fully saturated rings. The highest BCUT2D eigenvalue weighted by molar-refractivity contribution is 6.30. The molecule has 5 nitrogen and oxygen atoms in total. The lowest BCUT2D eigenvalue weighted by Crippen LogP contribution is -3.09. The average molecular weight is 342 g/mol. The summed E-state index contributed by atoms with van der Waals surface area (Å²) in [7, 11) is 0. The van der Waals surface area contributed by atoms with E-state index in [-0.39, 0.29) is 0 Å². The van der Waals surface area contributed by atoms with E-state index in [0.717, 1.165) is 48.7 Å². The number of fused-ring (bicyclic) bond motifs is 1. The lowest BCUT2D eigenvalue weighted by Gasteiger charge is -2.23. The van der Waals surface area contributed by atoms with Crippen LogP contribution in [0.4, 0.5) is 17.5 Å². The number of hydrogen-bond acceptors (Lipinski definition) is 4. The fourth-order valence-electron chi connectivity index (χ4n) is 2.92. The minimum Gasteiger partial charge on any atom is -0.370 e. The summed E-state index contributed by atoms with van der Waals surface area (Å²) in [6.07, 6.45) is 0. The van der Waals surface area contributed by atoms with E-state index in [1.807, 2.05) is 42.5 Å². The van der Waals surface area contributed by atoms with Crippen LogP contribution in [0.1, 0.15) is 0 Å². The molecule has 1 aliphatic rings. The maximum absolute atomic E-state index is 5.95. The Labute approximate surface area is 145 Å². The number of benzene rings is 2. The van der Waals surface area contributed by atoms with Crippen molar-refractivity contribution >= 4 is 40.0 Å². The Morgan fingerprint density at radius 1 is 0.958 bits per heavy atom. The van der Waals surface area contributed by atoms with Gasteiger partial charge in [-0.1, -0.05) is 23.7 Å². The van der Waals surface area contributed by atoms with Gasteiger partial charge in [0.25, 0.3) is 0 Å². The van der Waals surface area contributed by atoms with Gasteiger partial charge in [0.05, 0.1) is 24.1 Å². The van der Waals surface area contributed by atoms with Crippen LogP contribution in [-0.2, 0) is 4.74 Å². The van der Waals surface area contributed by atoms with Gasteiger partial charge in [-0.15, -0.1) is 0 Å². The van der Waals surface area contributed by atoms with E-state index in [0.29, 0.717) is 11.0 Å². The van der Waals surface area contributed by atoms with E-state index in [9.17, 15) is 0 Å². The van der Waals surface area contributed by atoms with Crippen molar-refractivity contribution in [2.75, 3.05) is 31.6 Å². The van der Waals surface area contributed by atoms with E-state index >= 15 is 0 Å². The second kappa shape index (κ2) is 6.73. The highest BCUT2D eigenvalue weighted by atomic mass is 35.5. The molecule has 0 bridgehead atoms. The molecule has 2 aromatic carbocycles. The van der Waals surface area contributed by atoms with Crippen LogP contribution in [0.3, 0.4) is 0 Å². The summed E-state index contributed by atoms with van der Waals surface area (Å²) >= 11 is 5.95. The van der Waals surface area contributed by atoms with E-state index < -0.39 is 0 Å². The first kappa shape index (κ1) is 15.3. The molecular weight excluding hydrogens is 324 g/mol. The Bertz CT molecular complexity index is 847. The monoisotopic (exact) mass is 341 g/mol. The molecule has 1 aliphatic heterocycles. The maximum Gasteiger partial charge on any atom is 0.238 e. The molecule has 2 N–H and O–H groups in total. The summed E-state index contributed by atoms with van der Waals surface area (Å²) in [5.41, 5.74) is 1.86. The molecule has 2 heterocycles. The number of morpholine rings is 1. The normalized spacial score (nSPS) is 15.5. The summed E-state index contributed by atoms with van der Waals surface area (Å²) in [6, 6.07) is 15.7. The highest BCUT2D eigenvalue weighted by Gasteiger charge is 2.22. The summed E-state index contributed by atoms with van der Waals surface area (Å²) < 4.78 is 5.48. The zero-order valence-electron chi connectivity index (χ0n) is 13.1. The van der Waals surface area contributed by atoms with Gasteiger partial charge >= 0.3 is 0 Å². The van der Waals surface area contributed by atoms with Crippen molar-refractivity contribution in [1.82, 2.24) is 9.97 Å². The highest BCUT2D eigenvalue weighted by Crippen LogP contribution is 2.22. The number of nitrogens with one attached hydrogen (secondary N) is 2. The molecule has 0 atom stereocenters. The number of aromatic nitrogens is 2. The van der Waals surface area contributed by atoms with E-state index in [4.69, 9.17) is 21.3 Å². The Morgan fingerprint density at radius 2 is 1.71 bits per heavy atom. The smallest absolute Gasteiger partial charge is 0.238 e. The van der Waals surface area contributed by atoms with E-state index in [2.05, 4.69) is 16.4 Å². The first-order valence-electron chi connectivity index (χ1n) is 8.02. The molecule has 0 amide bonds. The summed E-state index contributed by atoms with van der Waals surface area (Å²) in [6.45, 7) is 3.35. The molecule has 4 rings (SSSR count). The first-order valence-corrected chi connectivity index (χ1v) is 8.39. The van der Waals surface area contributed by atoms with Crippen LogP contribution < -0.4 is 10.2 Å². The second-order valence-corrected chi connectivity index (χ2v) is 6.20. The first-order chi connectivity index (χ1) is 11.8. The number of quaternary nitrogens is 1. The number of nitrogens with zero attached hydrogens (tertiary/aromatic N) is 2. The molecule has 0 unspecified atom stereocenters. The molecule has 122 valence electrons. The van der Waals surface area contributed by atoms with Gasteiger partial charge in [0.1, 0.15) is 13.1 Å². The van der Waals surface area contributed by atoms with Gasteiger partial charge in [0.2, 0.25) is 11.8 Å². The van der Waals surface area contributed by atoms with Gasteiger partial charge in [-0.05, 0) is 36.4 Å². The van der Waals surface area contributed by atoms with Gasteiger partial charge in [-0.2, -0.15) is 4.98 Å². The number of para-hydroxylation sites is 1. The van der Waals surface area contributed by atoms with Crippen molar-refractivity contribution in [3.05, 3.63) is 53.6 Å². The maximum atomic E-state index is 5.95. The van der Waals surface area contributed by atoms with Crippen LogP contribution in [0, 0.1) is 0 Å². The SMILES string of the molecule is Clc1ccc(Nc2nc([NH+]3CCOCC3)c3ccccc3n2)cc1. The lowest BCUT2D eigenvalue weighted by molar-refractivity contribution is -0.843. The molecule has 0 aliphatic carbocycles. The third kappa shape index (κ3) is 3.19. The Hall–Kier alpha value is -2.21. The number of anilines is 2. The van der Waals surface area contributed by atoms with Crippen LogP contribution in [0.25, 0.3) is 10.9 Å². The molecule has 0 spiro atoms. The zero-order chi connectivity index (χ0) is 16.4. The standard InChI is InChI=1S/C18H17ClN4O/c19-13-5-7-14(8-6-13)20-18-21-16-4-2-1-3-15(16)17(22-18)23-9-11-24-12-10-23/h1-8H,9-12H2,(H,20,21,22)/p+1. The van der Waals surface area contributed by atoms with Crippen LogP contribution >= 0.6 is 11.6 Å². The molecule has 0 radical (unpaired) electrons. The average Bonchev–Trinajstić information content (AvgIpc) is 2.64.